The maximum absolute atomic E-state index is 4.36. The van der Waals surface area contributed by atoms with E-state index in [1.807, 2.05) is 18.1 Å². The predicted molar refractivity (Wildman–Crippen MR) is 56.3 cm³/mol. The van der Waals surface area contributed by atoms with Gasteiger partial charge in [0.05, 0.1) is 0 Å². The van der Waals surface area contributed by atoms with Crippen LogP contribution in [0.3, 0.4) is 0 Å². The van der Waals surface area contributed by atoms with E-state index in [2.05, 4.69) is 38.9 Å². The first kappa shape index (κ1) is 14.1. The van der Waals surface area contributed by atoms with Crippen molar-refractivity contribution in [3.8, 4) is 0 Å². The average molecular weight is 266 g/mol. The fraction of sp³-hybridized carbons (Fsp3) is 0.545. The molecular formula is C11H17N2Y-. The molecule has 0 atom stereocenters. The molecule has 1 aliphatic rings. The molecule has 1 radical (unpaired) electrons. The van der Waals surface area contributed by atoms with Crippen LogP contribution in [0, 0.1) is 6.08 Å². The van der Waals surface area contributed by atoms with Crippen LogP contribution in [0.5, 0.6) is 0 Å². The van der Waals surface area contributed by atoms with Crippen molar-refractivity contribution in [2.24, 2.45) is 5.10 Å². The van der Waals surface area contributed by atoms with Gasteiger partial charge in [0.25, 0.3) is 0 Å². The standard InChI is InChI=1S/C11H17N2.Y/c1-8(2)11-6-10(5)7-12-13(11)9(3)4;/h7,9H,1-5H3;/q-1;. The second-order valence-corrected chi connectivity index (χ2v) is 3.84. The molecule has 0 saturated heterocycles. The summed E-state index contributed by atoms with van der Waals surface area (Å²) in [5, 5.41) is 6.37. The van der Waals surface area contributed by atoms with Crippen LogP contribution in [0.4, 0.5) is 0 Å². The van der Waals surface area contributed by atoms with Gasteiger partial charge in [-0.1, -0.05) is 26.5 Å². The normalized spacial score (nSPS) is 15.4. The zero-order valence-electron chi connectivity index (χ0n) is 9.63. The number of hydrogen-bond acceptors (Lipinski definition) is 2. The quantitative estimate of drug-likeness (QED) is 0.666. The van der Waals surface area contributed by atoms with Crippen molar-refractivity contribution in [2.45, 2.75) is 40.7 Å². The molecule has 0 aromatic carbocycles. The fourth-order valence-electron chi connectivity index (χ4n) is 1.23. The van der Waals surface area contributed by atoms with E-state index < -0.39 is 0 Å². The Hall–Kier alpha value is 0.0539. The molecule has 2 nitrogen and oxygen atoms in total. The summed E-state index contributed by atoms with van der Waals surface area (Å²) >= 11 is 0. The van der Waals surface area contributed by atoms with Crippen molar-refractivity contribution in [1.29, 1.82) is 0 Å². The van der Waals surface area contributed by atoms with Crippen molar-refractivity contribution in [1.82, 2.24) is 5.01 Å². The number of hydrazone groups is 1. The van der Waals surface area contributed by atoms with E-state index in [4.69, 9.17) is 0 Å². The van der Waals surface area contributed by atoms with Crippen LogP contribution in [0.15, 0.2) is 21.9 Å². The third-order valence-electron chi connectivity index (χ3n) is 1.88. The number of allylic oxidation sites excluding steroid dienone is 3. The Kier molecular flexibility index (Phi) is 5.84. The summed E-state index contributed by atoms with van der Waals surface area (Å²) in [7, 11) is 0. The van der Waals surface area contributed by atoms with Gasteiger partial charge in [-0.25, -0.2) is 5.10 Å². The molecule has 0 saturated carbocycles. The molecule has 1 aliphatic heterocycles. The molecule has 0 N–H and O–H groups in total. The number of hydrogen-bond donors (Lipinski definition) is 0. The average Bonchev–Trinajstić information content (AvgIpc) is 2.03. The summed E-state index contributed by atoms with van der Waals surface area (Å²) in [5.74, 6) is 0. The Morgan fingerprint density at radius 3 is 2.43 bits per heavy atom. The van der Waals surface area contributed by atoms with Gasteiger partial charge < -0.3 is 0 Å². The fourth-order valence-corrected chi connectivity index (χ4v) is 1.23. The van der Waals surface area contributed by atoms with E-state index in [-0.39, 0.29) is 32.7 Å². The van der Waals surface area contributed by atoms with Gasteiger partial charge in [-0.3, -0.25) is 5.01 Å². The first-order valence-electron chi connectivity index (χ1n) is 4.63. The van der Waals surface area contributed by atoms with E-state index in [1.54, 1.807) is 0 Å². The van der Waals surface area contributed by atoms with E-state index >= 15 is 0 Å². The SMILES string of the molecule is CC1=[C-]C(=C(C)C)N(C(C)C)N=C1.[Y]. The summed E-state index contributed by atoms with van der Waals surface area (Å²) in [4.78, 5) is 0. The molecule has 0 aromatic rings. The zero-order chi connectivity index (χ0) is 10.0. The Bertz CT molecular complexity index is 284. The van der Waals surface area contributed by atoms with Gasteiger partial charge in [0.1, 0.15) is 0 Å². The van der Waals surface area contributed by atoms with Crippen LogP contribution in [0.25, 0.3) is 0 Å². The monoisotopic (exact) mass is 266 g/mol. The van der Waals surface area contributed by atoms with Gasteiger partial charge in [-0.15, -0.1) is 11.1 Å². The van der Waals surface area contributed by atoms with E-state index in [9.17, 15) is 0 Å². The second kappa shape index (κ2) is 5.82. The Balaban J connectivity index is 0.00000169. The molecule has 0 amide bonds. The third kappa shape index (κ3) is 3.32. The summed E-state index contributed by atoms with van der Waals surface area (Å²) in [6.07, 6.45) is 5.17. The zero-order valence-corrected chi connectivity index (χ0v) is 12.5. The van der Waals surface area contributed by atoms with Crippen molar-refractivity contribution < 1.29 is 32.7 Å². The van der Waals surface area contributed by atoms with Gasteiger partial charge in [-0.2, -0.15) is 6.08 Å². The largest absolute Gasteiger partial charge is 0.300 e. The summed E-state index contributed by atoms with van der Waals surface area (Å²) in [6.45, 7) is 10.5. The van der Waals surface area contributed by atoms with Crippen LogP contribution in [0.1, 0.15) is 34.6 Å². The van der Waals surface area contributed by atoms with E-state index in [1.165, 1.54) is 5.57 Å². The minimum Gasteiger partial charge on any atom is -0.300 e. The summed E-state index contributed by atoms with van der Waals surface area (Å²) in [5.41, 5.74) is 3.45. The van der Waals surface area contributed by atoms with E-state index in [0.717, 1.165) is 11.3 Å². The Morgan fingerprint density at radius 1 is 1.43 bits per heavy atom. The van der Waals surface area contributed by atoms with Crippen LogP contribution < -0.4 is 0 Å². The summed E-state index contributed by atoms with van der Waals surface area (Å²) < 4.78 is 0. The van der Waals surface area contributed by atoms with Crippen molar-refractivity contribution in [2.75, 3.05) is 0 Å². The molecule has 0 spiro atoms. The molecule has 14 heavy (non-hydrogen) atoms. The molecule has 0 fully saturated rings. The van der Waals surface area contributed by atoms with Crippen LogP contribution in [-0.2, 0) is 32.7 Å². The van der Waals surface area contributed by atoms with Crippen molar-refractivity contribution in [3.63, 3.8) is 0 Å². The van der Waals surface area contributed by atoms with Crippen LogP contribution in [0.2, 0.25) is 0 Å². The predicted octanol–water partition coefficient (Wildman–Crippen LogP) is 2.74. The number of rotatable bonds is 1. The first-order valence-corrected chi connectivity index (χ1v) is 4.63. The van der Waals surface area contributed by atoms with Crippen molar-refractivity contribution >= 4 is 6.21 Å². The second-order valence-electron chi connectivity index (χ2n) is 3.84. The molecule has 3 heteroatoms. The molecule has 1 heterocycles. The van der Waals surface area contributed by atoms with Gasteiger partial charge in [0, 0.05) is 38.8 Å². The minimum atomic E-state index is 0. The Labute approximate surface area is 112 Å². The van der Waals surface area contributed by atoms with Gasteiger partial charge >= 0.3 is 0 Å². The first-order chi connectivity index (χ1) is 6.02. The molecule has 75 valence electrons. The molecular weight excluding hydrogens is 249 g/mol. The molecule has 0 bridgehead atoms. The number of nitrogens with zero attached hydrogens (tertiary/aromatic N) is 2. The van der Waals surface area contributed by atoms with Gasteiger partial charge in [0.15, 0.2) is 0 Å². The minimum absolute atomic E-state index is 0. The van der Waals surface area contributed by atoms with Gasteiger partial charge in [0.2, 0.25) is 0 Å². The maximum Gasteiger partial charge on any atom is 0.0433 e. The van der Waals surface area contributed by atoms with Crippen LogP contribution >= 0.6 is 0 Å². The summed E-state index contributed by atoms with van der Waals surface area (Å²) in [6, 6.07) is 0.391. The molecule has 1 rings (SSSR count). The van der Waals surface area contributed by atoms with E-state index in [0.29, 0.717) is 6.04 Å². The molecule has 0 aliphatic carbocycles. The molecule has 0 aromatic heterocycles. The van der Waals surface area contributed by atoms with Gasteiger partial charge in [-0.05, 0) is 20.1 Å². The third-order valence-corrected chi connectivity index (χ3v) is 1.88. The maximum atomic E-state index is 4.36. The smallest absolute Gasteiger partial charge is 0.0433 e. The molecule has 0 unspecified atom stereocenters. The van der Waals surface area contributed by atoms with Crippen molar-refractivity contribution in [3.05, 3.63) is 22.9 Å². The topological polar surface area (TPSA) is 15.6 Å². The Morgan fingerprint density at radius 2 is 2.00 bits per heavy atom. The van der Waals surface area contributed by atoms with Crippen LogP contribution in [-0.4, -0.2) is 17.3 Å².